The van der Waals surface area contributed by atoms with Crippen LogP contribution in [0.25, 0.3) is 0 Å². The predicted molar refractivity (Wildman–Crippen MR) is 58.6 cm³/mol. The molecule has 3 atom stereocenters. The van der Waals surface area contributed by atoms with Gasteiger partial charge < -0.3 is 34.9 Å². The SMILES string of the molecule is O=P(O)(O)OCC[C@@H](O)[C@H](O)[C@H](O)COP(=O)(O)O. The summed E-state index contributed by atoms with van der Waals surface area (Å²) >= 11 is 0. The maximum absolute atomic E-state index is 10.3. The molecule has 116 valence electrons. The Labute approximate surface area is 107 Å². The lowest BCUT2D eigenvalue weighted by molar-refractivity contribution is -0.0801. The first-order chi connectivity index (χ1) is 8.42. The van der Waals surface area contributed by atoms with Crippen LogP contribution in [0.5, 0.6) is 0 Å². The van der Waals surface area contributed by atoms with Crippen molar-refractivity contribution in [2.24, 2.45) is 0 Å². The molecule has 0 aromatic rings. The van der Waals surface area contributed by atoms with Crippen LogP contribution in [0, 0.1) is 0 Å². The Bertz CT molecular complexity index is 347. The normalized spacial score (nSPS) is 18.1. The zero-order valence-electron chi connectivity index (χ0n) is 9.51. The Balaban J connectivity index is 4.07. The van der Waals surface area contributed by atoms with Crippen molar-refractivity contribution in [3.05, 3.63) is 0 Å². The van der Waals surface area contributed by atoms with Crippen molar-refractivity contribution in [3.8, 4) is 0 Å². The fraction of sp³-hybridized carbons (Fsp3) is 1.00. The van der Waals surface area contributed by atoms with E-state index in [1.165, 1.54) is 0 Å². The van der Waals surface area contributed by atoms with Crippen molar-refractivity contribution in [1.82, 2.24) is 0 Å². The lowest BCUT2D eigenvalue weighted by Crippen LogP contribution is -2.40. The van der Waals surface area contributed by atoms with Gasteiger partial charge in [0.2, 0.25) is 0 Å². The average Bonchev–Trinajstić information content (AvgIpc) is 2.21. The number of aliphatic hydroxyl groups excluding tert-OH is 3. The van der Waals surface area contributed by atoms with Gasteiger partial charge in [-0.05, 0) is 6.42 Å². The van der Waals surface area contributed by atoms with E-state index in [0.717, 1.165) is 0 Å². The summed E-state index contributed by atoms with van der Waals surface area (Å²) in [4.78, 5) is 33.4. The molecule has 0 radical (unpaired) electrons. The average molecular weight is 326 g/mol. The summed E-state index contributed by atoms with van der Waals surface area (Å²) in [6, 6.07) is 0. The van der Waals surface area contributed by atoms with E-state index in [4.69, 9.17) is 19.6 Å². The zero-order chi connectivity index (χ0) is 15.3. The Morgan fingerprint density at radius 3 is 1.74 bits per heavy atom. The molecule has 0 spiro atoms. The second-order valence-electron chi connectivity index (χ2n) is 3.52. The van der Waals surface area contributed by atoms with E-state index in [1.807, 2.05) is 0 Å². The van der Waals surface area contributed by atoms with Crippen LogP contribution < -0.4 is 0 Å². The molecule has 13 heteroatoms. The highest BCUT2D eigenvalue weighted by Gasteiger charge is 2.28. The van der Waals surface area contributed by atoms with Crippen molar-refractivity contribution in [1.29, 1.82) is 0 Å². The third-order valence-corrected chi connectivity index (χ3v) is 2.88. The Kier molecular flexibility index (Phi) is 7.81. The van der Waals surface area contributed by atoms with E-state index in [-0.39, 0.29) is 0 Å². The Hall–Kier alpha value is 0.1000. The van der Waals surface area contributed by atoms with Gasteiger partial charge in [0.1, 0.15) is 12.2 Å². The van der Waals surface area contributed by atoms with Crippen LogP contribution in [0.2, 0.25) is 0 Å². The number of hydrogen-bond acceptors (Lipinski definition) is 7. The van der Waals surface area contributed by atoms with Crippen molar-refractivity contribution >= 4 is 15.6 Å². The Morgan fingerprint density at radius 1 is 0.842 bits per heavy atom. The molecule has 7 N–H and O–H groups in total. The first-order valence-electron chi connectivity index (χ1n) is 4.87. The highest BCUT2D eigenvalue weighted by atomic mass is 31.2. The molecule has 19 heavy (non-hydrogen) atoms. The Morgan fingerprint density at radius 2 is 1.32 bits per heavy atom. The molecule has 0 aliphatic carbocycles. The van der Waals surface area contributed by atoms with Crippen LogP contribution in [0.15, 0.2) is 0 Å². The van der Waals surface area contributed by atoms with Crippen LogP contribution in [0.1, 0.15) is 6.42 Å². The lowest BCUT2D eigenvalue weighted by atomic mass is 10.1. The second kappa shape index (κ2) is 7.77. The summed E-state index contributed by atoms with van der Waals surface area (Å²) < 4.78 is 28.5. The first kappa shape index (κ1) is 19.1. The quantitative estimate of drug-likeness (QED) is 0.225. The van der Waals surface area contributed by atoms with Crippen LogP contribution in [0.4, 0.5) is 0 Å². The van der Waals surface area contributed by atoms with Crippen LogP contribution >= 0.6 is 15.6 Å². The van der Waals surface area contributed by atoms with Gasteiger partial charge in [-0.15, -0.1) is 0 Å². The summed E-state index contributed by atoms with van der Waals surface area (Å²) in [5.74, 6) is 0. The predicted octanol–water partition coefficient (Wildman–Crippen LogP) is -2.32. The molecule has 0 heterocycles. The van der Waals surface area contributed by atoms with Crippen LogP contribution in [0.3, 0.4) is 0 Å². The number of hydrogen-bond donors (Lipinski definition) is 7. The molecule has 0 unspecified atom stereocenters. The molecule has 0 aliphatic heterocycles. The van der Waals surface area contributed by atoms with Crippen LogP contribution in [-0.2, 0) is 18.2 Å². The van der Waals surface area contributed by atoms with Gasteiger partial charge in [0, 0.05) is 0 Å². The van der Waals surface area contributed by atoms with Gasteiger partial charge in [0.05, 0.1) is 19.3 Å². The van der Waals surface area contributed by atoms with E-state index in [9.17, 15) is 24.4 Å². The van der Waals surface area contributed by atoms with Crippen molar-refractivity contribution < 1.29 is 53.1 Å². The largest absolute Gasteiger partial charge is 0.469 e. The van der Waals surface area contributed by atoms with Gasteiger partial charge in [-0.25, -0.2) is 9.13 Å². The van der Waals surface area contributed by atoms with E-state index in [0.29, 0.717) is 0 Å². The molecule has 0 aromatic carbocycles. The molecule has 0 amide bonds. The minimum absolute atomic E-state index is 0.417. The molecule has 0 aromatic heterocycles. The zero-order valence-corrected chi connectivity index (χ0v) is 11.3. The summed E-state index contributed by atoms with van der Waals surface area (Å²) in [5.41, 5.74) is 0. The van der Waals surface area contributed by atoms with Crippen molar-refractivity contribution in [3.63, 3.8) is 0 Å². The van der Waals surface area contributed by atoms with Crippen LogP contribution in [-0.4, -0.2) is 66.4 Å². The topological polar surface area (TPSA) is 194 Å². The van der Waals surface area contributed by atoms with Gasteiger partial charge in [-0.3, -0.25) is 9.05 Å². The summed E-state index contributed by atoms with van der Waals surface area (Å²) in [6.07, 6.45) is -5.66. The lowest BCUT2D eigenvalue weighted by Gasteiger charge is -2.22. The van der Waals surface area contributed by atoms with E-state index >= 15 is 0 Å². The number of phosphoric ester groups is 2. The highest BCUT2D eigenvalue weighted by molar-refractivity contribution is 7.46. The first-order valence-corrected chi connectivity index (χ1v) is 7.93. The number of rotatable bonds is 9. The van der Waals surface area contributed by atoms with Crippen molar-refractivity contribution in [2.45, 2.75) is 24.7 Å². The maximum atomic E-state index is 10.3. The third-order valence-electron chi connectivity index (χ3n) is 1.87. The smallest absolute Gasteiger partial charge is 0.390 e. The molecule has 11 nitrogen and oxygen atoms in total. The summed E-state index contributed by atoms with van der Waals surface area (Å²) in [7, 11) is -9.51. The van der Waals surface area contributed by atoms with Gasteiger partial charge in [-0.1, -0.05) is 0 Å². The van der Waals surface area contributed by atoms with Gasteiger partial charge in [0.25, 0.3) is 0 Å². The highest BCUT2D eigenvalue weighted by Crippen LogP contribution is 2.36. The third kappa shape index (κ3) is 10.5. The summed E-state index contributed by atoms with van der Waals surface area (Å²) in [6.45, 7) is -1.52. The van der Waals surface area contributed by atoms with Gasteiger partial charge >= 0.3 is 15.6 Å². The summed E-state index contributed by atoms with van der Waals surface area (Å²) in [5, 5.41) is 27.9. The molecule has 0 saturated heterocycles. The van der Waals surface area contributed by atoms with E-state index in [1.54, 1.807) is 0 Å². The molecular weight excluding hydrogens is 310 g/mol. The minimum Gasteiger partial charge on any atom is -0.390 e. The second-order valence-corrected chi connectivity index (χ2v) is 6.00. The van der Waals surface area contributed by atoms with Gasteiger partial charge in [0.15, 0.2) is 0 Å². The molecule has 0 aliphatic rings. The van der Waals surface area contributed by atoms with E-state index in [2.05, 4.69) is 9.05 Å². The molecule has 0 bridgehead atoms. The minimum atomic E-state index is -4.81. The fourth-order valence-corrected chi connectivity index (χ4v) is 1.68. The monoisotopic (exact) mass is 326 g/mol. The maximum Gasteiger partial charge on any atom is 0.469 e. The van der Waals surface area contributed by atoms with Gasteiger partial charge in [-0.2, -0.15) is 0 Å². The molecule has 0 fully saturated rings. The van der Waals surface area contributed by atoms with Crippen molar-refractivity contribution in [2.75, 3.05) is 13.2 Å². The number of phosphoric acid groups is 2. The molecule has 0 saturated carbocycles. The van der Waals surface area contributed by atoms with E-state index < -0.39 is 53.6 Å². The standard InChI is InChI=1S/C6H16O11P2/c7-4(1-2-16-18(10,11)12)6(9)5(8)3-17-19(13,14)15/h4-9H,1-3H2,(H2,10,11,12)(H2,13,14,15)/t4-,5-,6+/m1/s1. The molecule has 0 rings (SSSR count). The fourth-order valence-electron chi connectivity index (χ4n) is 0.992. The molecular formula is C6H16O11P2. The number of aliphatic hydroxyl groups is 3.